The van der Waals surface area contributed by atoms with E-state index in [0.29, 0.717) is 14.9 Å². The van der Waals surface area contributed by atoms with Crippen molar-refractivity contribution in [2.24, 2.45) is 0 Å². The maximum Gasteiger partial charge on any atom is 0.336 e. The van der Waals surface area contributed by atoms with Crippen molar-refractivity contribution in [2.45, 2.75) is 22.6 Å². The predicted molar refractivity (Wildman–Crippen MR) is 71.2 cm³/mol. The number of nitrogens with zero attached hydrogens (tertiary/aromatic N) is 2. The van der Waals surface area contributed by atoms with E-state index in [-0.39, 0.29) is 5.56 Å². The van der Waals surface area contributed by atoms with Gasteiger partial charge in [0.15, 0.2) is 4.34 Å². The van der Waals surface area contributed by atoms with Crippen LogP contribution < -0.4 is 5.73 Å². The quantitative estimate of drug-likeness (QED) is 0.837. The second-order valence-corrected chi connectivity index (χ2v) is 5.47. The van der Waals surface area contributed by atoms with Crippen LogP contribution in [0, 0.1) is 0 Å². The van der Waals surface area contributed by atoms with Gasteiger partial charge < -0.3 is 10.8 Å². The lowest BCUT2D eigenvalue weighted by Gasteiger charge is -2.06. The van der Waals surface area contributed by atoms with Gasteiger partial charge in [-0.1, -0.05) is 24.8 Å². The number of rotatable bonds is 4. The van der Waals surface area contributed by atoms with E-state index in [1.165, 1.54) is 29.4 Å². The number of aryl methyl sites for hydroxylation is 1. The number of hydrogen-bond acceptors (Lipinski definition) is 6. The van der Waals surface area contributed by atoms with Crippen molar-refractivity contribution >= 4 is 35.0 Å². The summed E-state index contributed by atoms with van der Waals surface area (Å²) in [6.45, 7) is 1.97. The van der Waals surface area contributed by atoms with Gasteiger partial charge in [0, 0.05) is 12.1 Å². The molecule has 5 nitrogen and oxygen atoms in total. The molecule has 0 radical (unpaired) electrons. The van der Waals surface area contributed by atoms with Gasteiger partial charge in [-0.15, -0.1) is 0 Å². The van der Waals surface area contributed by atoms with Gasteiger partial charge in [-0.05, 0) is 23.7 Å². The number of hydrogen-bond donors (Lipinski definition) is 2. The zero-order chi connectivity index (χ0) is 13.1. The molecule has 0 fully saturated rings. The van der Waals surface area contributed by atoms with E-state index in [1.807, 2.05) is 6.92 Å². The highest BCUT2D eigenvalue weighted by atomic mass is 32.2. The average molecular weight is 281 g/mol. The summed E-state index contributed by atoms with van der Waals surface area (Å²) in [5, 5.41) is 9.12. The Bertz CT molecular complexity index is 583. The summed E-state index contributed by atoms with van der Waals surface area (Å²) in [5.41, 5.74) is 6.44. The number of aromatic nitrogens is 2. The SMILES string of the molecule is CCc1nsc(Sc2c(N)cccc2C(=O)O)n1. The molecule has 0 atom stereocenters. The van der Waals surface area contributed by atoms with E-state index >= 15 is 0 Å². The van der Waals surface area contributed by atoms with Crippen LogP contribution in [0.3, 0.4) is 0 Å². The average Bonchev–Trinajstić information content (AvgIpc) is 2.79. The second-order valence-electron chi connectivity index (χ2n) is 3.46. The molecule has 2 aromatic rings. The molecule has 0 saturated heterocycles. The van der Waals surface area contributed by atoms with Crippen LogP contribution in [0.4, 0.5) is 5.69 Å². The Morgan fingerprint density at radius 2 is 2.33 bits per heavy atom. The summed E-state index contributed by atoms with van der Waals surface area (Å²) < 4.78 is 4.86. The number of carbonyl (C=O) groups is 1. The van der Waals surface area contributed by atoms with E-state index in [0.717, 1.165) is 12.2 Å². The molecule has 0 spiro atoms. The van der Waals surface area contributed by atoms with Crippen molar-refractivity contribution in [1.82, 2.24) is 9.36 Å². The Kier molecular flexibility index (Phi) is 3.83. The third kappa shape index (κ3) is 2.62. The van der Waals surface area contributed by atoms with E-state index in [9.17, 15) is 4.79 Å². The Balaban J connectivity index is 2.36. The fraction of sp³-hybridized carbons (Fsp3) is 0.182. The Hall–Kier alpha value is -1.60. The summed E-state index contributed by atoms with van der Waals surface area (Å²) in [5.74, 6) is -0.237. The number of carboxylic acids is 1. The van der Waals surface area contributed by atoms with Crippen LogP contribution in [0.15, 0.2) is 27.4 Å². The predicted octanol–water partition coefficient (Wildman–Crippen LogP) is 2.53. The molecule has 0 bridgehead atoms. The summed E-state index contributed by atoms with van der Waals surface area (Å²) in [4.78, 5) is 15.9. The van der Waals surface area contributed by atoms with E-state index in [4.69, 9.17) is 10.8 Å². The fourth-order valence-electron chi connectivity index (χ4n) is 1.35. The number of benzene rings is 1. The van der Waals surface area contributed by atoms with E-state index < -0.39 is 5.97 Å². The third-order valence-corrected chi connectivity index (χ3v) is 4.18. The van der Waals surface area contributed by atoms with Gasteiger partial charge in [-0.3, -0.25) is 0 Å². The normalized spacial score (nSPS) is 10.5. The van der Waals surface area contributed by atoms with Gasteiger partial charge in [-0.25, -0.2) is 9.78 Å². The van der Waals surface area contributed by atoms with Crippen LogP contribution in [0.2, 0.25) is 0 Å². The lowest BCUT2D eigenvalue weighted by molar-refractivity contribution is 0.0693. The largest absolute Gasteiger partial charge is 0.478 e. The molecule has 0 aliphatic carbocycles. The zero-order valence-corrected chi connectivity index (χ0v) is 11.2. The first-order valence-electron chi connectivity index (χ1n) is 5.24. The number of carboxylic acid groups (broad SMARTS) is 1. The highest BCUT2D eigenvalue weighted by molar-refractivity contribution is 8.01. The minimum absolute atomic E-state index is 0.188. The second kappa shape index (κ2) is 5.36. The summed E-state index contributed by atoms with van der Waals surface area (Å²) in [7, 11) is 0. The standard InChI is InChI=1S/C11H11N3O2S2/c1-2-8-13-11(18-14-8)17-9-6(10(15)16)4-3-5-7(9)12/h3-5H,2,12H2,1H3,(H,15,16). The number of anilines is 1. The molecule has 1 aromatic heterocycles. The van der Waals surface area contributed by atoms with Crippen LogP contribution in [-0.2, 0) is 6.42 Å². The van der Waals surface area contributed by atoms with Crippen molar-refractivity contribution in [2.75, 3.05) is 5.73 Å². The van der Waals surface area contributed by atoms with Crippen LogP contribution in [-0.4, -0.2) is 20.4 Å². The first kappa shape index (κ1) is 12.8. The zero-order valence-electron chi connectivity index (χ0n) is 9.58. The smallest absolute Gasteiger partial charge is 0.336 e. The van der Waals surface area contributed by atoms with Gasteiger partial charge in [0.25, 0.3) is 0 Å². The molecule has 7 heteroatoms. The molecule has 2 rings (SSSR count). The highest BCUT2D eigenvalue weighted by Crippen LogP contribution is 2.35. The van der Waals surface area contributed by atoms with Crippen molar-refractivity contribution in [3.05, 3.63) is 29.6 Å². The minimum atomic E-state index is -0.995. The van der Waals surface area contributed by atoms with Crippen LogP contribution in [0.5, 0.6) is 0 Å². The molecule has 0 aliphatic heterocycles. The summed E-state index contributed by atoms with van der Waals surface area (Å²) in [6.07, 6.45) is 0.757. The lowest BCUT2D eigenvalue weighted by Crippen LogP contribution is -2.01. The molecule has 0 unspecified atom stereocenters. The molecule has 0 saturated carbocycles. The van der Waals surface area contributed by atoms with Gasteiger partial charge in [0.1, 0.15) is 5.82 Å². The van der Waals surface area contributed by atoms with Gasteiger partial charge in [0.05, 0.1) is 10.5 Å². The van der Waals surface area contributed by atoms with Gasteiger partial charge >= 0.3 is 5.97 Å². The lowest BCUT2D eigenvalue weighted by atomic mass is 10.2. The molecule has 1 aromatic carbocycles. The molecular formula is C11H11N3O2S2. The molecular weight excluding hydrogens is 270 g/mol. The van der Waals surface area contributed by atoms with Crippen molar-refractivity contribution in [3.8, 4) is 0 Å². The number of nitrogen functional groups attached to an aromatic ring is 1. The van der Waals surface area contributed by atoms with E-state index in [2.05, 4.69) is 9.36 Å². The van der Waals surface area contributed by atoms with Crippen molar-refractivity contribution in [3.63, 3.8) is 0 Å². The molecule has 3 N–H and O–H groups in total. The molecule has 94 valence electrons. The van der Waals surface area contributed by atoms with Gasteiger partial charge in [-0.2, -0.15) is 4.37 Å². The number of nitrogens with two attached hydrogens (primary N) is 1. The monoisotopic (exact) mass is 281 g/mol. The van der Waals surface area contributed by atoms with Crippen molar-refractivity contribution < 1.29 is 9.90 Å². The minimum Gasteiger partial charge on any atom is -0.478 e. The highest BCUT2D eigenvalue weighted by Gasteiger charge is 2.15. The Morgan fingerprint density at radius 1 is 1.56 bits per heavy atom. The third-order valence-electron chi connectivity index (χ3n) is 2.23. The molecule has 0 aliphatic rings. The topological polar surface area (TPSA) is 89.1 Å². The fourth-order valence-corrected chi connectivity index (χ4v) is 3.13. The maximum absolute atomic E-state index is 11.1. The summed E-state index contributed by atoms with van der Waals surface area (Å²) in [6, 6.07) is 4.83. The maximum atomic E-state index is 11.1. The van der Waals surface area contributed by atoms with Gasteiger partial charge in [0.2, 0.25) is 0 Å². The summed E-state index contributed by atoms with van der Waals surface area (Å²) >= 11 is 2.50. The first-order valence-corrected chi connectivity index (χ1v) is 6.83. The Labute approximate surface area is 112 Å². The molecule has 0 amide bonds. The van der Waals surface area contributed by atoms with E-state index in [1.54, 1.807) is 12.1 Å². The van der Waals surface area contributed by atoms with Crippen LogP contribution >= 0.6 is 23.3 Å². The molecule has 18 heavy (non-hydrogen) atoms. The number of aromatic carboxylic acids is 1. The molecule has 1 heterocycles. The van der Waals surface area contributed by atoms with Crippen LogP contribution in [0.1, 0.15) is 23.1 Å². The van der Waals surface area contributed by atoms with Crippen LogP contribution in [0.25, 0.3) is 0 Å². The Morgan fingerprint density at radius 3 is 2.94 bits per heavy atom. The van der Waals surface area contributed by atoms with Crippen molar-refractivity contribution in [1.29, 1.82) is 0 Å². The first-order chi connectivity index (χ1) is 8.61.